The van der Waals surface area contributed by atoms with E-state index in [-0.39, 0.29) is 17.3 Å². The highest BCUT2D eigenvalue weighted by molar-refractivity contribution is 5.58. The van der Waals surface area contributed by atoms with Gasteiger partial charge in [-0.3, -0.25) is 0 Å². The van der Waals surface area contributed by atoms with E-state index in [2.05, 4.69) is 15.4 Å². The first-order valence-corrected chi connectivity index (χ1v) is 5.30. The SMILES string of the molecule is Cc1cc(-c2nc(C)c(F)c(NN)n2)ccc1F. The number of hydrazine groups is 1. The average Bonchev–Trinajstić information content (AvgIpc) is 2.36. The van der Waals surface area contributed by atoms with Crippen molar-refractivity contribution in [2.24, 2.45) is 5.84 Å². The number of rotatable bonds is 2. The van der Waals surface area contributed by atoms with Gasteiger partial charge in [-0.05, 0) is 37.6 Å². The summed E-state index contributed by atoms with van der Waals surface area (Å²) in [5.41, 5.74) is 3.43. The van der Waals surface area contributed by atoms with E-state index in [9.17, 15) is 8.78 Å². The Kier molecular flexibility index (Phi) is 3.20. The van der Waals surface area contributed by atoms with Gasteiger partial charge in [0.15, 0.2) is 17.5 Å². The average molecular weight is 250 g/mol. The van der Waals surface area contributed by atoms with Gasteiger partial charge in [-0.25, -0.2) is 24.6 Å². The summed E-state index contributed by atoms with van der Waals surface area (Å²) in [5, 5.41) is 0. The first-order valence-electron chi connectivity index (χ1n) is 5.30. The van der Waals surface area contributed by atoms with Crippen molar-refractivity contribution in [2.45, 2.75) is 13.8 Å². The quantitative estimate of drug-likeness (QED) is 0.634. The molecule has 6 heteroatoms. The highest BCUT2D eigenvalue weighted by Crippen LogP contribution is 2.22. The third kappa shape index (κ3) is 2.14. The smallest absolute Gasteiger partial charge is 0.187 e. The Bertz CT molecular complexity index is 599. The highest BCUT2D eigenvalue weighted by Gasteiger charge is 2.12. The number of hydrogen-bond donors (Lipinski definition) is 2. The number of aromatic nitrogens is 2. The maximum atomic E-state index is 13.5. The van der Waals surface area contributed by atoms with Crippen molar-refractivity contribution in [2.75, 3.05) is 5.43 Å². The van der Waals surface area contributed by atoms with Crippen LogP contribution in [0.25, 0.3) is 11.4 Å². The summed E-state index contributed by atoms with van der Waals surface area (Å²) in [5.74, 6) is 4.49. The number of halogens is 2. The lowest BCUT2D eigenvalue weighted by Crippen LogP contribution is -2.13. The number of nitrogens with two attached hydrogens (primary N) is 1. The van der Waals surface area contributed by atoms with Gasteiger partial charge in [0, 0.05) is 5.56 Å². The van der Waals surface area contributed by atoms with Crippen molar-refractivity contribution in [1.82, 2.24) is 9.97 Å². The fraction of sp³-hybridized carbons (Fsp3) is 0.167. The molecule has 94 valence electrons. The van der Waals surface area contributed by atoms with Gasteiger partial charge in [-0.2, -0.15) is 0 Å². The molecule has 0 fully saturated rings. The lowest BCUT2D eigenvalue weighted by molar-refractivity contribution is 0.606. The standard InChI is InChI=1S/C12H12F2N4/c1-6-5-8(3-4-9(6)13)11-16-7(2)10(14)12(17-11)18-15/h3-5H,15H2,1-2H3,(H,16,17,18). The predicted molar refractivity (Wildman–Crippen MR) is 64.7 cm³/mol. The monoisotopic (exact) mass is 250 g/mol. The second kappa shape index (κ2) is 4.66. The van der Waals surface area contributed by atoms with Crippen molar-refractivity contribution in [3.63, 3.8) is 0 Å². The molecule has 3 N–H and O–H groups in total. The summed E-state index contributed by atoms with van der Waals surface area (Å²) in [6, 6.07) is 4.46. The van der Waals surface area contributed by atoms with Crippen LogP contribution in [0.5, 0.6) is 0 Å². The Labute approximate surface area is 103 Å². The zero-order valence-corrected chi connectivity index (χ0v) is 9.96. The number of nitrogen functional groups attached to an aromatic ring is 1. The topological polar surface area (TPSA) is 63.8 Å². The van der Waals surface area contributed by atoms with E-state index in [1.807, 2.05) is 0 Å². The molecule has 1 heterocycles. The van der Waals surface area contributed by atoms with Gasteiger partial charge in [0.25, 0.3) is 0 Å². The lowest BCUT2D eigenvalue weighted by atomic mass is 10.1. The first kappa shape index (κ1) is 12.4. The summed E-state index contributed by atoms with van der Waals surface area (Å²) >= 11 is 0. The molecule has 0 radical (unpaired) electrons. The van der Waals surface area contributed by atoms with E-state index >= 15 is 0 Å². The zero-order valence-electron chi connectivity index (χ0n) is 9.96. The molecule has 0 saturated heterocycles. The van der Waals surface area contributed by atoms with Crippen LogP contribution in [0.15, 0.2) is 18.2 Å². The van der Waals surface area contributed by atoms with Crippen LogP contribution in [-0.4, -0.2) is 9.97 Å². The molecule has 1 aromatic carbocycles. The molecule has 0 bridgehead atoms. The van der Waals surface area contributed by atoms with Gasteiger partial charge in [0.2, 0.25) is 0 Å². The van der Waals surface area contributed by atoms with Crippen molar-refractivity contribution < 1.29 is 8.78 Å². The molecule has 0 atom stereocenters. The van der Waals surface area contributed by atoms with E-state index < -0.39 is 5.82 Å². The van der Waals surface area contributed by atoms with Crippen molar-refractivity contribution >= 4 is 5.82 Å². The third-order valence-electron chi connectivity index (χ3n) is 2.57. The largest absolute Gasteiger partial charge is 0.306 e. The van der Waals surface area contributed by atoms with Crippen molar-refractivity contribution in [1.29, 1.82) is 0 Å². The van der Waals surface area contributed by atoms with Gasteiger partial charge in [-0.15, -0.1) is 0 Å². The zero-order chi connectivity index (χ0) is 13.3. The highest BCUT2D eigenvalue weighted by atomic mass is 19.1. The van der Waals surface area contributed by atoms with E-state index in [1.165, 1.54) is 19.1 Å². The number of benzene rings is 1. The molecular formula is C12H12F2N4. The summed E-state index contributed by atoms with van der Waals surface area (Å²) in [6.45, 7) is 3.15. The number of aryl methyl sites for hydroxylation is 2. The molecule has 2 rings (SSSR count). The molecule has 0 aliphatic heterocycles. The Morgan fingerprint density at radius 1 is 1.17 bits per heavy atom. The van der Waals surface area contributed by atoms with E-state index in [1.54, 1.807) is 13.0 Å². The van der Waals surface area contributed by atoms with Crippen molar-refractivity contribution in [3.8, 4) is 11.4 Å². The van der Waals surface area contributed by atoms with E-state index in [0.717, 1.165) is 0 Å². The van der Waals surface area contributed by atoms with Crippen LogP contribution in [0.4, 0.5) is 14.6 Å². The molecule has 4 nitrogen and oxygen atoms in total. The minimum atomic E-state index is -0.597. The Morgan fingerprint density at radius 3 is 2.50 bits per heavy atom. The number of hydrogen-bond acceptors (Lipinski definition) is 4. The van der Waals surface area contributed by atoms with Crippen LogP contribution < -0.4 is 11.3 Å². The van der Waals surface area contributed by atoms with Gasteiger partial charge in [0.05, 0.1) is 5.69 Å². The molecular weight excluding hydrogens is 238 g/mol. The first-order chi connectivity index (χ1) is 8.52. The number of nitrogens with zero attached hydrogens (tertiary/aromatic N) is 2. The lowest BCUT2D eigenvalue weighted by Gasteiger charge is -2.08. The number of nitrogens with one attached hydrogen (secondary N) is 1. The summed E-state index contributed by atoms with van der Waals surface area (Å²) < 4.78 is 26.7. The Hall–Kier alpha value is -2.08. The third-order valence-corrected chi connectivity index (χ3v) is 2.57. The maximum absolute atomic E-state index is 13.5. The predicted octanol–water partition coefficient (Wildman–Crippen LogP) is 2.32. The summed E-state index contributed by atoms with van der Waals surface area (Å²) in [7, 11) is 0. The number of anilines is 1. The van der Waals surface area contributed by atoms with Gasteiger partial charge in [0.1, 0.15) is 5.82 Å². The molecule has 18 heavy (non-hydrogen) atoms. The molecule has 0 unspecified atom stereocenters. The van der Waals surface area contributed by atoms with Gasteiger partial charge >= 0.3 is 0 Å². The van der Waals surface area contributed by atoms with Crippen molar-refractivity contribution in [3.05, 3.63) is 41.1 Å². The second-order valence-corrected chi connectivity index (χ2v) is 3.90. The van der Waals surface area contributed by atoms with Crippen LogP contribution in [0.1, 0.15) is 11.3 Å². The molecule has 0 saturated carbocycles. The van der Waals surface area contributed by atoms with E-state index in [4.69, 9.17) is 5.84 Å². The van der Waals surface area contributed by atoms with Crippen LogP contribution in [-0.2, 0) is 0 Å². The van der Waals surface area contributed by atoms with Crippen LogP contribution in [0, 0.1) is 25.5 Å². The molecule has 0 spiro atoms. The van der Waals surface area contributed by atoms with Gasteiger partial charge in [-0.1, -0.05) is 0 Å². The fourth-order valence-corrected chi connectivity index (χ4v) is 1.57. The van der Waals surface area contributed by atoms with Gasteiger partial charge < -0.3 is 5.43 Å². The minimum Gasteiger partial charge on any atom is -0.306 e. The van der Waals surface area contributed by atoms with E-state index in [0.29, 0.717) is 17.0 Å². The maximum Gasteiger partial charge on any atom is 0.187 e. The normalized spacial score (nSPS) is 10.5. The molecule has 1 aromatic heterocycles. The molecule has 0 aliphatic rings. The fourth-order valence-electron chi connectivity index (χ4n) is 1.57. The second-order valence-electron chi connectivity index (χ2n) is 3.90. The minimum absolute atomic E-state index is 0.0838. The van der Waals surface area contributed by atoms with Crippen LogP contribution in [0.3, 0.4) is 0 Å². The Balaban J connectivity index is 2.57. The molecule has 0 amide bonds. The summed E-state index contributed by atoms with van der Waals surface area (Å²) in [6.07, 6.45) is 0. The van der Waals surface area contributed by atoms with Crippen LogP contribution in [0.2, 0.25) is 0 Å². The summed E-state index contributed by atoms with van der Waals surface area (Å²) in [4.78, 5) is 7.97. The molecule has 0 aliphatic carbocycles. The molecule has 2 aromatic rings. The Morgan fingerprint density at radius 2 is 1.89 bits per heavy atom. The van der Waals surface area contributed by atoms with Crippen LogP contribution >= 0.6 is 0 Å².